The van der Waals surface area contributed by atoms with Crippen molar-refractivity contribution in [1.82, 2.24) is 4.57 Å². The van der Waals surface area contributed by atoms with E-state index in [1.165, 1.54) is 261 Å². The maximum absolute atomic E-state index is 7.73. The lowest BCUT2D eigenvalue weighted by molar-refractivity contribution is 0.369. The molecular formula is C102H106N2O2. The van der Waals surface area contributed by atoms with Gasteiger partial charge in [0.05, 0.1) is 16.7 Å². The van der Waals surface area contributed by atoms with Crippen molar-refractivity contribution in [2.45, 2.75) is 231 Å². The van der Waals surface area contributed by atoms with Gasteiger partial charge < -0.3 is 18.3 Å². The predicted octanol–water partition coefficient (Wildman–Crippen LogP) is 30.6. The molecule has 0 saturated carbocycles. The molecule has 0 unspecified atom stereocenters. The van der Waals surface area contributed by atoms with E-state index >= 15 is 0 Å². The monoisotopic (exact) mass is 1390 g/mol. The Morgan fingerprint density at radius 2 is 0.811 bits per heavy atom. The number of hydrogen-bond acceptors (Lipinski definition) is 3. The standard InChI is InChI=1S/C102H106N2O2/c1-9-13-17-21-36-59-101(60-37-22-18-14-10-2)79-48-32-28-44-73(79)92-93-76-46-31-35-52-88(76)106-98(93)94-74-56-54-69(64-84(74)102(96(94)95(92)101,61-38-23-19-15-11-3)62-39-24-20-16-12-4)103(86-50-40-47-72-71-43-29-33-49-85(71)104(97(72)86)67-41-26-25-27-42-67)68-53-55-70-77-65-83-78(66-82(77)100(7,8)81(70)63-68)90-80(99(83,5)6)57-58-89-91(90)75-45-30-34-51-87(75)105-89/h25-35,40-58,63-66H,9-24,36-39,59-62H2,1-8H3. The molecule has 0 bridgehead atoms. The van der Waals surface area contributed by atoms with Gasteiger partial charge in [-0.3, -0.25) is 0 Å². The second-order valence-electron chi connectivity index (χ2n) is 33.5. The van der Waals surface area contributed by atoms with Crippen molar-refractivity contribution >= 4 is 82.7 Å². The van der Waals surface area contributed by atoms with Gasteiger partial charge in [0.25, 0.3) is 0 Å². The lowest BCUT2D eigenvalue weighted by Crippen LogP contribution is -2.33. The maximum Gasteiger partial charge on any atom is 0.144 e. The topological polar surface area (TPSA) is 34.5 Å². The number of aromatic nitrogens is 1. The predicted molar refractivity (Wildman–Crippen MR) is 451 cm³/mol. The van der Waals surface area contributed by atoms with Crippen LogP contribution in [0.2, 0.25) is 0 Å². The number of nitrogens with zero attached hydrogens (tertiary/aromatic N) is 2. The second kappa shape index (κ2) is 27.4. The Kier molecular flexibility index (Phi) is 17.7. The molecular weight excluding hydrogens is 1290 g/mol. The molecule has 0 radical (unpaired) electrons. The molecule has 4 heteroatoms. The molecule has 18 rings (SSSR count). The molecule has 0 N–H and O–H groups in total. The summed E-state index contributed by atoms with van der Waals surface area (Å²) in [5.41, 5.74) is 33.0. The smallest absolute Gasteiger partial charge is 0.144 e. The van der Waals surface area contributed by atoms with Gasteiger partial charge in [0.2, 0.25) is 0 Å². The zero-order chi connectivity index (χ0) is 72.1. The lowest BCUT2D eigenvalue weighted by Gasteiger charge is -2.40. The lowest BCUT2D eigenvalue weighted by atomic mass is 9.62. The molecule has 4 aliphatic rings. The van der Waals surface area contributed by atoms with Crippen LogP contribution < -0.4 is 4.90 Å². The van der Waals surface area contributed by atoms with E-state index in [0.717, 1.165) is 53.7 Å². The fourth-order valence-electron chi connectivity index (χ4n) is 21.4. The summed E-state index contributed by atoms with van der Waals surface area (Å²) in [4.78, 5) is 2.71. The first kappa shape index (κ1) is 68.4. The van der Waals surface area contributed by atoms with Crippen molar-refractivity contribution < 1.29 is 8.83 Å². The number of furan rings is 2. The van der Waals surface area contributed by atoms with Crippen LogP contribution in [0.15, 0.2) is 215 Å². The molecule has 0 spiro atoms. The van der Waals surface area contributed by atoms with Crippen LogP contribution >= 0.6 is 0 Å². The minimum Gasteiger partial charge on any atom is -0.456 e. The van der Waals surface area contributed by atoms with Crippen LogP contribution in [0.25, 0.3) is 116 Å². The minimum absolute atomic E-state index is 0.165. The van der Waals surface area contributed by atoms with Gasteiger partial charge in [-0.15, -0.1) is 0 Å². The molecule has 0 fully saturated rings. The van der Waals surface area contributed by atoms with E-state index < -0.39 is 0 Å². The summed E-state index contributed by atoms with van der Waals surface area (Å²) >= 11 is 0. The van der Waals surface area contributed by atoms with E-state index in [2.05, 4.69) is 271 Å². The fraction of sp³-hybridized carbons (Fsp3) is 0.353. The van der Waals surface area contributed by atoms with E-state index in [0.29, 0.717) is 0 Å². The summed E-state index contributed by atoms with van der Waals surface area (Å²) in [5.74, 6) is 0. The van der Waals surface area contributed by atoms with Gasteiger partial charge in [-0.05, 0) is 188 Å². The molecule has 4 nitrogen and oxygen atoms in total. The zero-order valence-corrected chi connectivity index (χ0v) is 64.3. The highest BCUT2D eigenvalue weighted by Crippen LogP contribution is 2.68. The summed E-state index contributed by atoms with van der Waals surface area (Å²) in [6, 6.07) is 80.3. The molecule has 3 heterocycles. The third-order valence-corrected chi connectivity index (χ3v) is 26.5. The van der Waals surface area contributed by atoms with Crippen LogP contribution in [0, 0.1) is 0 Å². The van der Waals surface area contributed by atoms with Gasteiger partial charge in [-0.25, -0.2) is 0 Å². The molecule has 0 amide bonds. The Morgan fingerprint density at radius 3 is 1.47 bits per heavy atom. The van der Waals surface area contributed by atoms with Crippen LogP contribution in [0.5, 0.6) is 0 Å². The van der Waals surface area contributed by atoms with Crippen LogP contribution in [-0.2, 0) is 21.7 Å². The Morgan fingerprint density at radius 1 is 0.321 bits per heavy atom. The zero-order valence-electron chi connectivity index (χ0n) is 64.3. The highest BCUT2D eigenvalue weighted by atomic mass is 16.3. The quantitative estimate of drug-likeness (QED) is 0.0458. The molecule has 0 aliphatic heterocycles. The number of rotatable bonds is 28. The van der Waals surface area contributed by atoms with Gasteiger partial charge in [0, 0.05) is 76.6 Å². The van der Waals surface area contributed by atoms with Gasteiger partial charge in [-0.2, -0.15) is 0 Å². The number of benzene rings is 11. The summed E-state index contributed by atoms with van der Waals surface area (Å²) in [6.45, 7) is 19.4. The largest absolute Gasteiger partial charge is 0.456 e. The average molecular weight is 1390 g/mol. The van der Waals surface area contributed by atoms with E-state index in [9.17, 15) is 0 Å². The minimum atomic E-state index is -0.343. The number of para-hydroxylation sites is 5. The van der Waals surface area contributed by atoms with Gasteiger partial charge in [0.1, 0.15) is 22.3 Å². The number of unbranched alkanes of at least 4 members (excludes halogenated alkanes) is 16. The first-order valence-electron chi connectivity index (χ1n) is 41.4. The van der Waals surface area contributed by atoms with Crippen molar-refractivity contribution in [3.05, 3.63) is 251 Å². The third kappa shape index (κ3) is 10.6. The van der Waals surface area contributed by atoms with Gasteiger partial charge >= 0.3 is 0 Å². The van der Waals surface area contributed by atoms with Crippen molar-refractivity contribution in [2.75, 3.05) is 4.90 Å². The van der Waals surface area contributed by atoms with Crippen molar-refractivity contribution in [1.29, 1.82) is 0 Å². The molecule has 0 saturated heterocycles. The van der Waals surface area contributed by atoms with Crippen LogP contribution in [0.1, 0.15) is 254 Å². The molecule has 14 aromatic rings. The van der Waals surface area contributed by atoms with Crippen molar-refractivity contribution in [2.24, 2.45) is 0 Å². The average Bonchev–Trinajstić information content (AvgIpc) is 1.49. The Labute approximate surface area is 629 Å². The van der Waals surface area contributed by atoms with Crippen molar-refractivity contribution in [3.63, 3.8) is 0 Å². The first-order chi connectivity index (χ1) is 52.0. The molecule has 0 atom stereocenters. The first-order valence-corrected chi connectivity index (χ1v) is 41.4. The summed E-state index contributed by atoms with van der Waals surface area (Å²) in [6.07, 6.45) is 29.5. The number of fused-ring (bicyclic) bond motifs is 25. The highest BCUT2D eigenvalue weighted by molar-refractivity contribution is 6.22. The van der Waals surface area contributed by atoms with Crippen LogP contribution in [0.4, 0.5) is 17.1 Å². The maximum atomic E-state index is 7.73. The SMILES string of the molecule is CCCCCCCC1(CCCCCCC)c2cc(N(c3ccc4c(c3)C(C)(C)c3cc5c(cc3-4)C(C)(C)c3ccc4oc6ccccc6c4c3-5)c3cccc4c5ccccc5n(-c5ccccc5)c34)ccc2-c2c1c1c(c3c2oc2ccccc23)-c2ccccc2C1(CCCCCCC)CCCCCCC. The Balaban J connectivity index is 0.903. The summed E-state index contributed by atoms with van der Waals surface area (Å²) in [5, 5.41) is 7.50. The Bertz CT molecular complexity index is 5680. The van der Waals surface area contributed by atoms with E-state index in [1.54, 1.807) is 16.7 Å². The fourth-order valence-corrected chi connectivity index (χ4v) is 21.4. The Hall–Kier alpha value is -9.38. The third-order valence-electron chi connectivity index (χ3n) is 26.5. The number of anilines is 3. The number of hydrogen-bond donors (Lipinski definition) is 0. The van der Waals surface area contributed by atoms with E-state index in [4.69, 9.17) is 8.83 Å². The molecule has 3 aromatic heterocycles. The normalized spacial score (nSPS) is 15.1. The van der Waals surface area contributed by atoms with Gasteiger partial charge in [-0.1, -0.05) is 311 Å². The summed E-state index contributed by atoms with van der Waals surface area (Å²) in [7, 11) is 0. The molecule has 536 valence electrons. The van der Waals surface area contributed by atoms with E-state index in [1.807, 2.05) is 0 Å². The van der Waals surface area contributed by atoms with Crippen molar-refractivity contribution in [3.8, 4) is 50.2 Å². The van der Waals surface area contributed by atoms with E-state index in [-0.39, 0.29) is 21.7 Å². The van der Waals surface area contributed by atoms with Crippen LogP contribution in [0.3, 0.4) is 0 Å². The molecule has 11 aromatic carbocycles. The highest BCUT2D eigenvalue weighted by Gasteiger charge is 2.54. The molecule has 4 aliphatic carbocycles. The molecule has 106 heavy (non-hydrogen) atoms. The van der Waals surface area contributed by atoms with Crippen LogP contribution in [-0.4, -0.2) is 4.57 Å². The second-order valence-corrected chi connectivity index (χ2v) is 33.5. The summed E-state index contributed by atoms with van der Waals surface area (Å²) < 4.78 is 16.9. The van der Waals surface area contributed by atoms with Gasteiger partial charge in [0.15, 0.2) is 0 Å².